The molecule has 0 aromatic carbocycles. The van der Waals surface area contributed by atoms with E-state index >= 15 is 0 Å². The van der Waals surface area contributed by atoms with Gasteiger partial charge in [0, 0.05) is 77.5 Å². The molecule has 2 N–H and O–H groups in total. The monoisotopic (exact) mass is 355 g/mol. The van der Waals surface area contributed by atoms with Crippen LogP contribution in [0.2, 0.25) is 0 Å². The Labute approximate surface area is 155 Å². The van der Waals surface area contributed by atoms with Crippen molar-refractivity contribution in [3.8, 4) is 0 Å². The summed E-state index contributed by atoms with van der Waals surface area (Å²) in [4.78, 5) is 7.52. The Hall–Kier alpha value is -0.240. The number of piperazine rings is 1. The molecule has 2 unspecified atom stereocenters. The van der Waals surface area contributed by atoms with Gasteiger partial charge in [-0.15, -0.1) is 0 Å². The van der Waals surface area contributed by atoms with Gasteiger partial charge >= 0.3 is 0 Å². The van der Waals surface area contributed by atoms with Crippen LogP contribution in [0, 0.1) is 0 Å². The van der Waals surface area contributed by atoms with Crippen LogP contribution in [0.25, 0.3) is 0 Å². The lowest BCUT2D eigenvalue weighted by atomic mass is 10.1. The van der Waals surface area contributed by atoms with Gasteiger partial charge in [-0.2, -0.15) is 0 Å². The molecule has 2 fully saturated rings. The Balaban J connectivity index is 1.55. The van der Waals surface area contributed by atoms with E-state index in [4.69, 9.17) is 4.74 Å². The zero-order valence-electron chi connectivity index (χ0n) is 17.0. The molecule has 0 aromatic heterocycles. The Morgan fingerprint density at radius 2 is 1.60 bits per heavy atom. The summed E-state index contributed by atoms with van der Waals surface area (Å²) in [7, 11) is 2.21. The molecule has 2 atom stereocenters. The summed E-state index contributed by atoms with van der Waals surface area (Å²) in [6.45, 7) is 19.0. The van der Waals surface area contributed by atoms with Crippen LogP contribution < -0.4 is 10.6 Å². The third-order valence-corrected chi connectivity index (χ3v) is 5.34. The minimum Gasteiger partial charge on any atom is -0.375 e. The lowest BCUT2D eigenvalue weighted by molar-refractivity contribution is -0.0351. The number of hydrogen-bond acceptors (Lipinski definition) is 6. The number of ether oxygens (including phenoxy) is 1. The Morgan fingerprint density at radius 3 is 2.32 bits per heavy atom. The van der Waals surface area contributed by atoms with Crippen molar-refractivity contribution in [3.05, 3.63) is 0 Å². The average molecular weight is 356 g/mol. The second kappa shape index (κ2) is 11.5. The largest absolute Gasteiger partial charge is 0.375 e. The van der Waals surface area contributed by atoms with E-state index in [1.165, 1.54) is 26.2 Å². The number of rotatable bonds is 10. The van der Waals surface area contributed by atoms with Crippen LogP contribution in [-0.2, 0) is 4.74 Å². The van der Waals surface area contributed by atoms with Gasteiger partial charge in [-0.1, -0.05) is 13.8 Å². The molecule has 6 heteroatoms. The maximum absolute atomic E-state index is 6.00. The van der Waals surface area contributed by atoms with Gasteiger partial charge in [0.15, 0.2) is 0 Å². The van der Waals surface area contributed by atoms with Crippen molar-refractivity contribution in [2.45, 2.75) is 45.4 Å². The molecule has 2 rings (SSSR count). The average Bonchev–Trinajstić information content (AvgIpc) is 2.57. The van der Waals surface area contributed by atoms with Gasteiger partial charge in [0.1, 0.15) is 0 Å². The summed E-state index contributed by atoms with van der Waals surface area (Å²) in [5.74, 6) is 0. The number of hydrogen-bond donors (Lipinski definition) is 2. The molecular formula is C19H41N5O. The van der Waals surface area contributed by atoms with Gasteiger partial charge in [-0.25, -0.2) is 0 Å². The zero-order valence-corrected chi connectivity index (χ0v) is 17.0. The van der Waals surface area contributed by atoms with Gasteiger partial charge in [-0.3, -0.25) is 9.80 Å². The molecule has 2 aliphatic heterocycles. The summed E-state index contributed by atoms with van der Waals surface area (Å²) in [5.41, 5.74) is 0. The first-order valence-corrected chi connectivity index (χ1v) is 10.2. The van der Waals surface area contributed by atoms with Gasteiger partial charge in [0.2, 0.25) is 0 Å². The normalized spacial score (nSPS) is 25.6. The second-order valence-corrected chi connectivity index (χ2v) is 8.14. The molecule has 2 aliphatic rings. The van der Waals surface area contributed by atoms with E-state index in [1.807, 2.05) is 0 Å². The SMILES string of the molecule is CC(C)NCCN1CCOC(CC(C)NCCN2CCN(C)CC2)C1. The Morgan fingerprint density at radius 1 is 0.920 bits per heavy atom. The van der Waals surface area contributed by atoms with E-state index < -0.39 is 0 Å². The fourth-order valence-corrected chi connectivity index (χ4v) is 3.66. The molecule has 0 aliphatic carbocycles. The molecule has 0 bridgehead atoms. The Kier molecular flexibility index (Phi) is 9.66. The third-order valence-electron chi connectivity index (χ3n) is 5.34. The molecule has 6 nitrogen and oxygen atoms in total. The molecule has 0 aromatic rings. The van der Waals surface area contributed by atoms with E-state index in [1.54, 1.807) is 0 Å². The summed E-state index contributed by atoms with van der Waals surface area (Å²) in [6, 6.07) is 1.09. The van der Waals surface area contributed by atoms with Crippen LogP contribution in [0.3, 0.4) is 0 Å². The summed E-state index contributed by atoms with van der Waals surface area (Å²) >= 11 is 0. The molecule has 0 radical (unpaired) electrons. The van der Waals surface area contributed by atoms with Crippen LogP contribution in [0.5, 0.6) is 0 Å². The smallest absolute Gasteiger partial charge is 0.0717 e. The standard InChI is InChI=1S/C19H41N5O/c1-17(2)20-5-8-24-13-14-25-19(16-24)15-18(3)21-6-7-23-11-9-22(4)10-12-23/h17-21H,5-16H2,1-4H3. The first kappa shape index (κ1) is 21.1. The van der Waals surface area contributed by atoms with Crippen LogP contribution >= 0.6 is 0 Å². The van der Waals surface area contributed by atoms with Crippen LogP contribution in [0.1, 0.15) is 27.2 Å². The number of likely N-dealkylation sites (N-methyl/N-ethyl adjacent to an activating group) is 1. The highest BCUT2D eigenvalue weighted by atomic mass is 16.5. The third kappa shape index (κ3) is 8.80. The minimum absolute atomic E-state index is 0.374. The maximum Gasteiger partial charge on any atom is 0.0717 e. The van der Waals surface area contributed by atoms with Crippen molar-refractivity contribution in [1.29, 1.82) is 0 Å². The highest BCUT2D eigenvalue weighted by molar-refractivity contribution is 4.77. The highest BCUT2D eigenvalue weighted by Gasteiger charge is 2.22. The topological polar surface area (TPSA) is 43.0 Å². The van der Waals surface area contributed by atoms with Crippen LogP contribution in [0.15, 0.2) is 0 Å². The van der Waals surface area contributed by atoms with Crippen molar-refractivity contribution in [3.63, 3.8) is 0 Å². The molecular weight excluding hydrogens is 314 g/mol. The van der Waals surface area contributed by atoms with E-state index in [2.05, 4.69) is 53.2 Å². The number of nitrogens with one attached hydrogen (secondary N) is 2. The predicted molar refractivity (Wildman–Crippen MR) is 105 cm³/mol. The molecule has 0 saturated carbocycles. The molecule has 0 amide bonds. The second-order valence-electron chi connectivity index (χ2n) is 8.14. The summed E-state index contributed by atoms with van der Waals surface area (Å²) in [5, 5.41) is 7.20. The lowest BCUT2D eigenvalue weighted by Crippen LogP contribution is -2.49. The first-order valence-electron chi connectivity index (χ1n) is 10.2. The Bertz CT molecular complexity index is 347. The van der Waals surface area contributed by atoms with Gasteiger partial charge in [-0.05, 0) is 20.4 Å². The van der Waals surface area contributed by atoms with Gasteiger partial charge in [0.05, 0.1) is 12.7 Å². The van der Waals surface area contributed by atoms with Gasteiger partial charge < -0.3 is 20.3 Å². The van der Waals surface area contributed by atoms with E-state index in [0.29, 0.717) is 18.2 Å². The van der Waals surface area contributed by atoms with Crippen molar-refractivity contribution in [2.75, 3.05) is 79.1 Å². The highest BCUT2D eigenvalue weighted by Crippen LogP contribution is 2.10. The van der Waals surface area contributed by atoms with Crippen LogP contribution in [-0.4, -0.2) is 112 Å². The predicted octanol–water partition coefficient (Wildman–Crippen LogP) is 0.301. The number of morpholine rings is 1. The molecule has 25 heavy (non-hydrogen) atoms. The van der Waals surface area contributed by atoms with E-state index in [0.717, 1.165) is 52.3 Å². The minimum atomic E-state index is 0.374. The lowest BCUT2D eigenvalue weighted by Gasteiger charge is -2.35. The summed E-state index contributed by atoms with van der Waals surface area (Å²) < 4.78 is 6.00. The maximum atomic E-state index is 6.00. The molecule has 2 heterocycles. The van der Waals surface area contributed by atoms with Crippen molar-refractivity contribution < 1.29 is 4.74 Å². The van der Waals surface area contributed by atoms with E-state index in [-0.39, 0.29) is 0 Å². The van der Waals surface area contributed by atoms with Crippen molar-refractivity contribution in [2.24, 2.45) is 0 Å². The number of nitrogens with zero attached hydrogens (tertiary/aromatic N) is 3. The molecule has 0 spiro atoms. The fourth-order valence-electron chi connectivity index (χ4n) is 3.66. The molecule has 2 saturated heterocycles. The fraction of sp³-hybridized carbons (Fsp3) is 1.00. The van der Waals surface area contributed by atoms with Crippen molar-refractivity contribution in [1.82, 2.24) is 25.3 Å². The van der Waals surface area contributed by atoms with Crippen LogP contribution in [0.4, 0.5) is 0 Å². The first-order chi connectivity index (χ1) is 12.0. The van der Waals surface area contributed by atoms with E-state index in [9.17, 15) is 0 Å². The van der Waals surface area contributed by atoms with Gasteiger partial charge in [0.25, 0.3) is 0 Å². The quantitative estimate of drug-likeness (QED) is 0.588. The summed E-state index contributed by atoms with van der Waals surface area (Å²) in [6.07, 6.45) is 1.48. The van der Waals surface area contributed by atoms with Crippen molar-refractivity contribution >= 4 is 0 Å². The zero-order chi connectivity index (χ0) is 18.1. The molecule has 148 valence electrons.